The van der Waals surface area contributed by atoms with Crippen molar-refractivity contribution >= 4 is 29.6 Å². The maximum absolute atomic E-state index is 12.4. The highest BCUT2D eigenvalue weighted by Gasteiger charge is 2.27. The smallest absolute Gasteiger partial charge is 0.408 e. The summed E-state index contributed by atoms with van der Waals surface area (Å²) < 4.78 is 10.3. The summed E-state index contributed by atoms with van der Waals surface area (Å²) in [6.45, 7) is 10.2. The van der Waals surface area contributed by atoms with Gasteiger partial charge in [0, 0.05) is 5.69 Å². The van der Waals surface area contributed by atoms with Crippen LogP contribution in [0.5, 0.6) is 0 Å². The molecule has 0 radical (unpaired) electrons. The van der Waals surface area contributed by atoms with Crippen molar-refractivity contribution in [2.75, 3.05) is 5.32 Å². The van der Waals surface area contributed by atoms with E-state index in [1.54, 1.807) is 41.5 Å². The number of carboxylic acids is 1. The summed E-state index contributed by atoms with van der Waals surface area (Å²) in [6.07, 6.45) is -1.53. The van der Waals surface area contributed by atoms with Gasteiger partial charge >= 0.3 is 18.0 Å². The molecule has 1 aromatic carbocycles. The number of nitrogens with one attached hydrogen (secondary N) is 2. The van der Waals surface area contributed by atoms with Crippen molar-refractivity contribution in [3.8, 4) is 0 Å². The molecule has 9 nitrogen and oxygen atoms in total. The summed E-state index contributed by atoms with van der Waals surface area (Å²) in [6, 6.07) is 4.55. The maximum atomic E-state index is 12.4. The molecule has 2 amide bonds. The van der Waals surface area contributed by atoms with E-state index < -0.39 is 47.6 Å². The number of rotatable bonds is 6. The minimum Gasteiger partial charge on any atom is -0.481 e. The molecule has 0 aliphatic rings. The molecule has 0 fully saturated rings. The number of anilines is 1. The van der Waals surface area contributed by atoms with E-state index in [0.717, 1.165) is 0 Å². The van der Waals surface area contributed by atoms with Gasteiger partial charge in [-0.15, -0.1) is 0 Å². The van der Waals surface area contributed by atoms with Crippen LogP contribution in [0.15, 0.2) is 24.3 Å². The molecule has 0 spiro atoms. The van der Waals surface area contributed by atoms with E-state index in [0.29, 0.717) is 11.3 Å². The van der Waals surface area contributed by atoms with Gasteiger partial charge in [0.25, 0.3) is 0 Å². The highest BCUT2D eigenvalue weighted by molar-refractivity contribution is 5.99. The Morgan fingerprint density at radius 1 is 0.931 bits per heavy atom. The van der Waals surface area contributed by atoms with Gasteiger partial charge in [-0.3, -0.25) is 9.59 Å². The topological polar surface area (TPSA) is 131 Å². The van der Waals surface area contributed by atoms with Crippen LogP contribution in [0.3, 0.4) is 0 Å². The number of hydrogen-bond donors (Lipinski definition) is 3. The van der Waals surface area contributed by atoms with Crippen LogP contribution in [-0.4, -0.2) is 46.3 Å². The molecule has 0 heterocycles. The molecular formula is C20H28N2O7. The Kier molecular flexibility index (Phi) is 7.76. The van der Waals surface area contributed by atoms with Crippen LogP contribution in [0.4, 0.5) is 10.5 Å². The molecule has 0 bridgehead atoms. The normalized spacial score (nSPS) is 12.5. The van der Waals surface area contributed by atoms with Crippen molar-refractivity contribution in [2.24, 2.45) is 0 Å². The average molecular weight is 408 g/mol. The highest BCUT2D eigenvalue weighted by atomic mass is 16.6. The van der Waals surface area contributed by atoms with E-state index in [9.17, 15) is 19.2 Å². The molecule has 0 aliphatic carbocycles. The number of ether oxygens (including phenoxy) is 2. The van der Waals surface area contributed by atoms with E-state index in [-0.39, 0.29) is 0 Å². The molecule has 0 saturated carbocycles. The fourth-order valence-electron chi connectivity index (χ4n) is 2.09. The minimum absolute atomic E-state index is 0.298. The van der Waals surface area contributed by atoms with Gasteiger partial charge in [0.1, 0.15) is 17.2 Å². The number of alkyl carbamates (subject to hydrolysis) is 1. The van der Waals surface area contributed by atoms with Gasteiger partial charge in [-0.2, -0.15) is 0 Å². The Hall–Kier alpha value is -3.10. The number of esters is 1. The Labute approximate surface area is 169 Å². The molecule has 9 heteroatoms. The summed E-state index contributed by atoms with van der Waals surface area (Å²) in [4.78, 5) is 47.4. The predicted octanol–water partition coefficient (Wildman–Crippen LogP) is 2.95. The van der Waals surface area contributed by atoms with Crippen molar-refractivity contribution in [3.05, 3.63) is 29.8 Å². The van der Waals surface area contributed by atoms with Crippen LogP contribution in [0.25, 0.3) is 0 Å². The fourth-order valence-corrected chi connectivity index (χ4v) is 2.09. The Balaban J connectivity index is 2.82. The molecule has 3 N–H and O–H groups in total. The molecule has 0 saturated heterocycles. The summed E-state index contributed by atoms with van der Waals surface area (Å²) in [7, 11) is 0. The van der Waals surface area contributed by atoms with Gasteiger partial charge in [-0.25, -0.2) is 9.59 Å². The Bertz CT molecular complexity index is 759. The molecule has 29 heavy (non-hydrogen) atoms. The molecule has 1 rings (SSSR count). The number of aliphatic carboxylic acids is 1. The van der Waals surface area contributed by atoms with E-state index in [2.05, 4.69) is 10.6 Å². The largest absolute Gasteiger partial charge is 0.481 e. The second-order valence-corrected chi connectivity index (χ2v) is 8.37. The lowest BCUT2D eigenvalue weighted by atomic mass is 10.1. The van der Waals surface area contributed by atoms with Crippen LogP contribution < -0.4 is 10.6 Å². The molecule has 1 atom stereocenters. The lowest BCUT2D eigenvalue weighted by Gasteiger charge is -2.22. The van der Waals surface area contributed by atoms with Crippen molar-refractivity contribution in [3.63, 3.8) is 0 Å². The van der Waals surface area contributed by atoms with Gasteiger partial charge in [0.2, 0.25) is 5.91 Å². The number of carboxylic acid groups (broad SMARTS) is 1. The van der Waals surface area contributed by atoms with Crippen LogP contribution in [-0.2, 0) is 19.1 Å². The zero-order valence-electron chi connectivity index (χ0n) is 17.5. The lowest BCUT2D eigenvalue weighted by molar-refractivity contribution is -0.139. The Morgan fingerprint density at radius 3 is 1.90 bits per heavy atom. The Morgan fingerprint density at radius 2 is 1.45 bits per heavy atom. The van der Waals surface area contributed by atoms with Gasteiger partial charge in [-0.05, 0) is 65.8 Å². The lowest BCUT2D eigenvalue weighted by Crippen LogP contribution is -2.46. The van der Waals surface area contributed by atoms with Gasteiger partial charge in [-0.1, -0.05) is 0 Å². The third-order valence-electron chi connectivity index (χ3n) is 3.17. The summed E-state index contributed by atoms with van der Waals surface area (Å²) >= 11 is 0. The minimum atomic E-state index is -1.34. The quantitative estimate of drug-likeness (QED) is 0.617. The van der Waals surface area contributed by atoms with Crippen molar-refractivity contribution < 1.29 is 33.8 Å². The molecule has 1 aromatic rings. The average Bonchev–Trinajstić information content (AvgIpc) is 2.51. The van der Waals surface area contributed by atoms with E-state index >= 15 is 0 Å². The standard InChI is InChI=1S/C20H28N2O7/c1-19(2,3)28-17(26)12-7-9-13(10-8-12)21-16(25)14(11-15(23)24)22-18(27)29-20(4,5)6/h7-10,14H,11H2,1-6H3,(H,21,25)(H,22,27)(H,23,24)/t14-/m0/s1. The van der Waals surface area contributed by atoms with Crippen LogP contribution in [0.1, 0.15) is 58.3 Å². The first-order valence-electron chi connectivity index (χ1n) is 9.02. The first kappa shape index (κ1) is 23.9. The summed E-state index contributed by atoms with van der Waals surface area (Å²) in [5.41, 5.74) is -0.816. The number of benzene rings is 1. The third-order valence-corrected chi connectivity index (χ3v) is 3.17. The first-order chi connectivity index (χ1) is 13.2. The summed E-state index contributed by atoms with van der Waals surface area (Å²) in [5.74, 6) is -2.50. The molecule has 160 valence electrons. The molecule has 0 aliphatic heterocycles. The van der Waals surface area contributed by atoms with Crippen molar-refractivity contribution in [2.45, 2.75) is 65.2 Å². The second kappa shape index (κ2) is 9.40. The number of hydrogen-bond acceptors (Lipinski definition) is 6. The third kappa shape index (κ3) is 9.59. The first-order valence-corrected chi connectivity index (χ1v) is 9.02. The van der Waals surface area contributed by atoms with Crippen LogP contribution in [0, 0.1) is 0 Å². The van der Waals surface area contributed by atoms with Crippen LogP contribution in [0.2, 0.25) is 0 Å². The molecule has 0 unspecified atom stereocenters. The number of carbonyl (C=O) groups excluding carboxylic acids is 3. The van der Waals surface area contributed by atoms with E-state index in [4.69, 9.17) is 14.6 Å². The molecular weight excluding hydrogens is 380 g/mol. The van der Waals surface area contributed by atoms with Crippen molar-refractivity contribution in [1.29, 1.82) is 0 Å². The number of carbonyl (C=O) groups is 4. The maximum Gasteiger partial charge on any atom is 0.408 e. The fraction of sp³-hybridized carbons (Fsp3) is 0.500. The SMILES string of the molecule is CC(C)(C)OC(=O)N[C@@H](CC(=O)O)C(=O)Nc1ccc(C(=O)OC(C)(C)C)cc1. The molecule has 0 aromatic heterocycles. The second-order valence-electron chi connectivity index (χ2n) is 8.37. The highest BCUT2D eigenvalue weighted by Crippen LogP contribution is 2.15. The van der Waals surface area contributed by atoms with Gasteiger partial charge in [0.15, 0.2) is 0 Å². The zero-order valence-corrected chi connectivity index (χ0v) is 17.5. The zero-order chi connectivity index (χ0) is 22.4. The van der Waals surface area contributed by atoms with Crippen molar-refractivity contribution in [1.82, 2.24) is 5.32 Å². The van der Waals surface area contributed by atoms with Crippen LogP contribution >= 0.6 is 0 Å². The number of amides is 2. The summed E-state index contributed by atoms with van der Waals surface area (Å²) in [5, 5.41) is 13.8. The monoisotopic (exact) mass is 408 g/mol. The predicted molar refractivity (Wildman–Crippen MR) is 106 cm³/mol. The van der Waals surface area contributed by atoms with Gasteiger partial charge < -0.3 is 25.2 Å². The van der Waals surface area contributed by atoms with E-state index in [1.807, 2.05) is 0 Å². The van der Waals surface area contributed by atoms with Gasteiger partial charge in [0.05, 0.1) is 12.0 Å². The van der Waals surface area contributed by atoms with E-state index in [1.165, 1.54) is 24.3 Å².